The molecule has 0 bridgehead atoms. The molecule has 0 spiro atoms. The first kappa shape index (κ1) is 21.2. The minimum atomic E-state index is -0.857. The predicted octanol–water partition coefficient (Wildman–Crippen LogP) is 3.02. The van der Waals surface area contributed by atoms with Crippen LogP contribution < -0.4 is 16.0 Å². The van der Waals surface area contributed by atoms with E-state index in [2.05, 4.69) is 16.0 Å². The Morgan fingerprint density at radius 1 is 1.07 bits per heavy atom. The van der Waals surface area contributed by atoms with Gasteiger partial charge in [-0.25, -0.2) is 4.79 Å². The third-order valence-electron chi connectivity index (χ3n) is 3.91. The zero-order valence-corrected chi connectivity index (χ0v) is 16.4. The van der Waals surface area contributed by atoms with Gasteiger partial charge < -0.3 is 20.7 Å². The van der Waals surface area contributed by atoms with Crippen LogP contribution in [0.1, 0.15) is 18.1 Å². The molecule has 0 aromatic heterocycles. The van der Waals surface area contributed by atoms with Crippen LogP contribution in [0, 0.1) is 6.92 Å². The Morgan fingerprint density at radius 2 is 1.79 bits per heavy atom. The second-order valence-electron chi connectivity index (χ2n) is 6.11. The number of carbonyl (C=O) groups is 3. The molecule has 0 saturated heterocycles. The van der Waals surface area contributed by atoms with Gasteiger partial charge in [0.25, 0.3) is 0 Å². The second kappa shape index (κ2) is 10.3. The molecule has 0 aliphatic rings. The van der Waals surface area contributed by atoms with Crippen LogP contribution in [0.3, 0.4) is 0 Å². The lowest BCUT2D eigenvalue weighted by atomic mass is 10.2. The predicted molar refractivity (Wildman–Crippen MR) is 107 cm³/mol. The molecule has 0 radical (unpaired) electrons. The Kier molecular flexibility index (Phi) is 7.83. The van der Waals surface area contributed by atoms with Gasteiger partial charge in [-0.3, -0.25) is 9.59 Å². The summed E-state index contributed by atoms with van der Waals surface area (Å²) >= 11 is 6.01. The third kappa shape index (κ3) is 6.59. The molecule has 3 N–H and O–H groups in total. The van der Waals surface area contributed by atoms with E-state index in [1.165, 1.54) is 6.92 Å². The molecule has 0 fully saturated rings. The molecule has 0 aliphatic carbocycles. The number of anilines is 1. The zero-order chi connectivity index (χ0) is 20.5. The number of rotatable bonds is 7. The van der Waals surface area contributed by atoms with Crippen molar-refractivity contribution in [2.24, 2.45) is 0 Å². The van der Waals surface area contributed by atoms with E-state index in [4.69, 9.17) is 16.3 Å². The Morgan fingerprint density at radius 3 is 2.50 bits per heavy atom. The highest BCUT2D eigenvalue weighted by Gasteiger charge is 2.17. The van der Waals surface area contributed by atoms with Gasteiger partial charge in [0.2, 0.25) is 11.8 Å². The molecule has 2 aromatic rings. The van der Waals surface area contributed by atoms with Crippen LogP contribution in [-0.2, 0) is 20.9 Å². The molecule has 3 amide bonds. The molecule has 8 heteroatoms. The van der Waals surface area contributed by atoms with Crippen molar-refractivity contribution in [3.05, 3.63) is 64.7 Å². The summed E-state index contributed by atoms with van der Waals surface area (Å²) in [4.78, 5) is 35.8. The van der Waals surface area contributed by atoms with E-state index in [0.29, 0.717) is 10.7 Å². The van der Waals surface area contributed by atoms with Crippen LogP contribution >= 0.6 is 11.6 Å². The van der Waals surface area contributed by atoms with Crippen molar-refractivity contribution in [2.45, 2.75) is 26.5 Å². The number of benzene rings is 2. The lowest BCUT2D eigenvalue weighted by molar-refractivity contribution is -0.125. The fourth-order valence-electron chi connectivity index (χ4n) is 2.26. The van der Waals surface area contributed by atoms with Gasteiger partial charge in [-0.05, 0) is 37.1 Å². The summed E-state index contributed by atoms with van der Waals surface area (Å²) < 4.78 is 5.06. The Hall–Kier alpha value is -3.06. The van der Waals surface area contributed by atoms with E-state index in [1.54, 1.807) is 25.1 Å². The largest absolute Gasteiger partial charge is 0.445 e. The quantitative estimate of drug-likeness (QED) is 0.662. The maximum Gasteiger partial charge on any atom is 0.408 e. The van der Waals surface area contributed by atoms with E-state index < -0.39 is 23.9 Å². The van der Waals surface area contributed by atoms with Gasteiger partial charge in [-0.15, -0.1) is 0 Å². The highest BCUT2D eigenvalue weighted by atomic mass is 35.5. The molecule has 0 aliphatic heterocycles. The number of halogens is 1. The van der Waals surface area contributed by atoms with Gasteiger partial charge in [0, 0.05) is 10.7 Å². The van der Waals surface area contributed by atoms with Gasteiger partial charge in [0.05, 0.1) is 6.54 Å². The minimum absolute atomic E-state index is 0.0996. The highest BCUT2D eigenvalue weighted by molar-refractivity contribution is 6.31. The fourth-order valence-corrected chi connectivity index (χ4v) is 2.44. The van der Waals surface area contributed by atoms with E-state index in [0.717, 1.165) is 11.1 Å². The van der Waals surface area contributed by atoms with Gasteiger partial charge in [-0.1, -0.05) is 48.0 Å². The van der Waals surface area contributed by atoms with Gasteiger partial charge in [0.15, 0.2) is 0 Å². The average Bonchev–Trinajstić information content (AvgIpc) is 2.68. The van der Waals surface area contributed by atoms with E-state index >= 15 is 0 Å². The Labute approximate surface area is 168 Å². The zero-order valence-electron chi connectivity index (χ0n) is 15.6. The minimum Gasteiger partial charge on any atom is -0.445 e. The van der Waals surface area contributed by atoms with Crippen LogP contribution in [0.5, 0.6) is 0 Å². The summed E-state index contributed by atoms with van der Waals surface area (Å²) in [5, 5.41) is 8.09. The number of amides is 3. The second-order valence-corrected chi connectivity index (χ2v) is 6.51. The van der Waals surface area contributed by atoms with Crippen molar-refractivity contribution in [2.75, 3.05) is 11.9 Å². The summed E-state index contributed by atoms with van der Waals surface area (Å²) in [6, 6.07) is 13.5. The summed E-state index contributed by atoms with van der Waals surface area (Å²) in [7, 11) is 0. The monoisotopic (exact) mass is 403 g/mol. The van der Waals surface area contributed by atoms with Gasteiger partial charge in [0.1, 0.15) is 12.6 Å². The maximum atomic E-state index is 12.0. The summed E-state index contributed by atoms with van der Waals surface area (Å²) in [6.07, 6.45) is -0.717. The average molecular weight is 404 g/mol. The Balaban J connectivity index is 1.73. The van der Waals surface area contributed by atoms with Crippen molar-refractivity contribution >= 4 is 35.2 Å². The first-order valence-electron chi connectivity index (χ1n) is 8.66. The van der Waals surface area contributed by atoms with Gasteiger partial charge in [-0.2, -0.15) is 0 Å². The molecule has 28 heavy (non-hydrogen) atoms. The first-order valence-corrected chi connectivity index (χ1v) is 9.04. The number of hydrogen-bond acceptors (Lipinski definition) is 4. The maximum absolute atomic E-state index is 12.0. The Bertz CT molecular complexity index is 843. The molecule has 0 heterocycles. The van der Waals surface area contributed by atoms with E-state index in [-0.39, 0.29) is 13.2 Å². The molecule has 0 saturated carbocycles. The van der Waals surface area contributed by atoms with Crippen LogP contribution in [-0.4, -0.2) is 30.5 Å². The van der Waals surface area contributed by atoms with E-state index in [9.17, 15) is 14.4 Å². The topological polar surface area (TPSA) is 96.5 Å². The molecule has 0 unspecified atom stereocenters. The van der Waals surface area contributed by atoms with Crippen molar-refractivity contribution in [1.29, 1.82) is 0 Å². The molecule has 2 aromatic carbocycles. The van der Waals surface area contributed by atoms with Gasteiger partial charge >= 0.3 is 6.09 Å². The SMILES string of the molecule is Cc1c(Cl)cccc1NC(=O)CNC(=O)[C@@H](C)NC(=O)OCc1ccccc1. The normalized spacial score (nSPS) is 11.2. The number of nitrogens with one attached hydrogen (secondary N) is 3. The number of hydrogen-bond donors (Lipinski definition) is 3. The van der Waals surface area contributed by atoms with Crippen LogP contribution in [0.2, 0.25) is 5.02 Å². The molecule has 148 valence electrons. The lowest BCUT2D eigenvalue weighted by Gasteiger charge is -2.15. The van der Waals surface area contributed by atoms with Crippen molar-refractivity contribution in [3.8, 4) is 0 Å². The third-order valence-corrected chi connectivity index (χ3v) is 4.31. The summed E-state index contributed by atoms with van der Waals surface area (Å²) in [6.45, 7) is 3.14. The number of carbonyl (C=O) groups excluding carboxylic acids is 3. The molecular weight excluding hydrogens is 382 g/mol. The van der Waals surface area contributed by atoms with E-state index in [1.807, 2.05) is 30.3 Å². The number of ether oxygens (including phenoxy) is 1. The standard InChI is InChI=1S/C20H22ClN3O4/c1-13-16(21)9-6-10-17(13)24-18(25)11-22-19(26)14(2)23-20(27)28-12-15-7-4-3-5-8-15/h3-10,14H,11-12H2,1-2H3,(H,22,26)(H,23,27)(H,24,25)/t14-/m1/s1. The van der Waals surface area contributed by atoms with Crippen LogP contribution in [0.4, 0.5) is 10.5 Å². The fraction of sp³-hybridized carbons (Fsp3) is 0.250. The lowest BCUT2D eigenvalue weighted by Crippen LogP contribution is -2.46. The molecular formula is C20H22ClN3O4. The van der Waals surface area contributed by atoms with Crippen LogP contribution in [0.25, 0.3) is 0 Å². The molecule has 7 nitrogen and oxygen atoms in total. The molecule has 2 rings (SSSR count). The van der Waals surface area contributed by atoms with Crippen LogP contribution in [0.15, 0.2) is 48.5 Å². The smallest absolute Gasteiger partial charge is 0.408 e. The molecule has 1 atom stereocenters. The highest BCUT2D eigenvalue weighted by Crippen LogP contribution is 2.22. The summed E-state index contributed by atoms with van der Waals surface area (Å²) in [5.41, 5.74) is 2.14. The first-order chi connectivity index (χ1) is 13.4. The summed E-state index contributed by atoms with van der Waals surface area (Å²) in [5.74, 6) is -0.910. The van der Waals surface area contributed by atoms with Crippen molar-refractivity contribution in [1.82, 2.24) is 10.6 Å². The number of alkyl carbamates (subject to hydrolysis) is 1. The van der Waals surface area contributed by atoms with Crippen molar-refractivity contribution < 1.29 is 19.1 Å². The van der Waals surface area contributed by atoms with Crippen molar-refractivity contribution in [3.63, 3.8) is 0 Å².